The number of nitrogens with zero attached hydrogens (tertiary/aromatic N) is 1. The lowest BCUT2D eigenvalue weighted by Gasteiger charge is -2.22. The van der Waals surface area contributed by atoms with Crippen LogP contribution in [-0.4, -0.2) is 24.4 Å². The van der Waals surface area contributed by atoms with Gasteiger partial charge in [-0.15, -0.1) is 0 Å². The first-order valence-corrected chi connectivity index (χ1v) is 7.16. The predicted octanol–water partition coefficient (Wildman–Crippen LogP) is 3.47. The number of aromatic nitrogens is 1. The lowest BCUT2D eigenvalue weighted by molar-refractivity contribution is 0.0616. The molecular weight excluding hydrogens is 238 g/mol. The van der Waals surface area contributed by atoms with Crippen LogP contribution in [0.1, 0.15) is 19.8 Å². The highest BCUT2D eigenvalue weighted by atomic mass is 16.5. The molecule has 1 aliphatic rings. The highest BCUT2D eigenvalue weighted by molar-refractivity contribution is 5.81. The van der Waals surface area contributed by atoms with Gasteiger partial charge in [-0.25, -0.2) is 0 Å². The average Bonchev–Trinajstić information content (AvgIpc) is 2.83. The van der Waals surface area contributed by atoms with Gasteiger partial charge in [0.25, 0.3) is 0 Å². The monoisotopic (exact) mass is 259 g/mol. The first kappa shape index (κ1) is 12.5. The van der Waals surface area contributed by atoms with Gasteiger partial charge in [0.1, 0.15) is 5.75 Å². The summed E-state index contributed by atoms with van der Waals surface area (Å²) in [6.45, 7) is 5.66. The molecule has 2 heterocycles. The van der Waals surface area contributed by atoms with Crippen LogP contribution < -0.4 is 4.74 Å². The number of rotatable bonds is 4. The Morgan fingerprint density at radius 1 is 1.26 bits per heavy atom. The molecule has 19 heavy (non-hydrogen) atoms. The maximum Gasteiger partial charge on any atom is 0.120 e. The summed E-state index contributed by atoms with van der Waals surface area (Å²) < 4.78 is 13.3. The molecule has 1 fully saturated rings. The van der Waals surface area contributed by atoms with E-state index in [1.807, 2.05) is 6.92 Å². The largest absolute Gasteiger partial charge is 0.494 e. The summed E-state index contributed by atoms with van der Waals surface area (Å²) in [6.07, 6.45) is 4.54. The molecule has 0 radical (unpaired) electrons. The van der Waals surface area contributed by atoms with E-state index in [2.05, 4.69) is 35.0 Å². The van der Waals surface area contributed by atoms with Gasteiger partial charge in [-0.05, 0) is 49.9 Å². The molecule has 0 bridgehead atoms. The first-order valence-electron chi connectivity index (χ1n) is 7.16. The van der Waals surface area contributed by atoms with Gasteiger partial charge in [-0.3, -0.25) is 0 Å². The number of hydrogen-bond acceptors (Lipinski definition) is 2. The minimum Gasteiger partial charge on any atom is -0.494 e. The summed E-state index contributed by atoms with van der Waals surface area (Å²) in [5.74, 6) is 1.70. The maximum absolute atomic E-state index is 5.55. The fourth-order valence-corrected chi connectivity index (χ4v) is 2.80. The second-order valence-electron chi connectivity index (χ2n) is 5.18. The summed E-state index contributed by atoms with van der Waals surface area (Å²) in [5, 5.41) is 1.26. The molecule has 0 saturated carbocycles. The molecule has 0 atom stereocenters. The third-order valence-corrected chi connectivity index (χ3v) is 3.85. The van der Waals surface area contributed by atoms with Gasteiger partial charge in [-0.1, -0.05) is 0 Å². The Hall–Kier alpha value is -1.48. The summed E-state index contributed by atoms with van der Waals surface area (Å²) in [4.78, 5) is 0. The summed E-state index contributed by atoms with van der Waals surface area (Å²) >= 11 is 0. The van der Waals surface area contributed by atoms with Crippen molar-refractivity contribution in [3.8, 4) is 5.75 Å². The number of benzene rings is 1. The number of fused-ring (bicyclic) bond motifs is 1. The maximum atomic E-state index is 5.55. The number of ether oxygens (including phenoxy) is 2. The molecule has 0 unspecified atom stereocenters. The van der Waals surface area contributed by atoms with Crippen molar-refractivity contribution < 1.29 is 9.47 Å². The van der Waals surface area contributed by atoms with E-state index < -0.39 is 0 Å². The zero-order valence-corrected chi connectivity index (χ0v) is 11.5. The van der Waals surface area contributed by atoms with Crippen LogP contribution >= 0.6 is 0 Å². The fraction of sp³-hybridized carbons (Fsp3) is 0.500. The van der Waals surface area contributed by atoms with Gasteiger partial charge in [0.05, 0.1) is 6.61 Å². The molecule has 1 aromatic heterocycles. The number of hydrogen-bond donors (Lipinski definition) is 0. The predicted molar refractivity (Wildman–Crippen MR) is 76.7 cm³/mol. The smallest absolute Gasteiger partial charge is 0.120 e. The molecule has 102 valence electrons. The van der Waals surface area contributed by atoms with Crippen molar-refractivity contribution in [1.29, 1.82) is 0 Å². The second kappa shape index (κ2) is 5.66. The van der Waals surface area contributed by atoms with E-state index in [-0.39, 0.29) is 0 Å². The van der Waals surface area contributed by atoms with Gasteiger partial charge < -0.3 is 14.0 Å². The highest BCUT2D eigenvalue weighted by Crippen LogP contribution is 2.25. The minimum absolute atomic E-state index is 0.717. The Balaban J connectivity index is 1.80. The van der Waals surface area contributed by atoms with Crippen LogP contribution in [0, 0.1) is 5.92 Å². The Kier molecular flexibility index (Phi) is 3.74. The van der Waals surface area contributed by atoms with Gasteiger partial charge in [0, 0.05) is 36.9 Å². The molecule has 3 nitrogen and oxygen atoms in total. The van der Waals surface area contributed by atoms with Crippen LogP contribution in [-0.2, 0) is 11.3 Å². The Morgan fingerprint density at radius 3 is 2.89 bits per heavy atom. The van der Waals surface area contributed by atoms with Crippen molar-refractivity contribution in [3.05, 3.63) is 30.5 Å². The van der Waals surface area contributed by atoms with Crippen molar-refractivity contribution in [2.75, 3.05) is 19.8 Å². The molecule has 0 amide bonds. The van der Waals surface area contributed by atoms with E-state index in [4.69, 9.17) is 9.47 Å². The quantitative estimate of drug-likeness (QED) is 0.839. The molecule has 3 heteroatoms. The fourth-order valence-electron chi connectivity index (χ4n) is 2.80. The van der Waals surface area contributed by atoms with Crippen LogP contribution in [0.4, 0.5) is 0 Å². The third kappa shape index (κ3) is 2.76. The summed E-state index contributed by atoms with van der Waals surface area (Å²) in [6, 6.07) is 8.53. The van der Waals surface area contributed by atoms with E-state index in [0.29, 0.717) is 6.61 Å². The standard InChI is InChI=1S/C16H21NO2/c1-2-19-15-3-4-16-14(11-15)5-8-17(16)12-13-6-9-18-10-7-13/h3-5,8,11,13H,2,6-7,9-10,12H2,1H3. The third-order valence-electron chi connectivity index (χ3n) is 3.85. The van der Waals surface area contributed by atoms with Crippen molar-refractivity contribution >= 4 is 10.9 Å². The normalized spacial score (nSPS) is 16.9. The van der Waals surface area contributed by atoms with E-state index >= 15 is 0 Å². The molecule has 1 saturated heterocycles. The zero-order chi connectivity index (χ0) is 13.1. The molecule has 0 N–H and O–H groups in total. The Labute approximate surface area is 114 Å². The van der Waals surface area contributed by atoms with E-state index in [0.717, 1.165) is 31.4 Å². The van der Waals surface area contributed by atoms with Gasteiger partial charge in [-0.2, -0.15) is 0 Å². The van der Waals surface area contributed by atoms with Crippen molar-refractivity contribution in [2.45, 2.75) is 26.3 Å². The van der Waals surface area contributed by atoms with Crippen molar-refractivity contribution in [3.63, 3.8) is 0 Å². The lowest BCUT2D eigenvalue weighted by atomic mass is 10.0. The molecule has 2 aromatic rings. The van der Waals surface area contributed by atoms with Crippen molar-refractivity contribution in [2.24, 2.45) is 5.92 Å². The highest BCUT2D eigenvalue weighted by Gasteiger charge is 2.15. The van der Waals surface area contributed by atoms with E-state index in [1.54, 1.807) is 0 Å². The molecule has 0 aliphatic carbocycles. The molecule has 0 spiro atoms. The summed E-state index contributed by atoms with van der Waals surface area (Å²) in [7, 11) is 0. The summed E-state index contributed by atoms with van der Waals surface area (Å²) in [5.41, 5.74) is 1.30. The molecule has 3 rings (SSSR count). The van der Waals surface area contributed by atoms with Gasteiger partial charge in [0.15, 0.2) is 0 Å². The van der Waals surface area contributed by atoms with Crippen molar-refractivity contribution in [1.82, 2.24) is 4.57 Å². The lowest BCUT2D eigenvalue weighted by Crippen LogP contribution is -2.19. The van der Waals surface area contributed by atoms with Crippen LogP contribution in [0.25, 0.3) is 10.9 Å². The SMILES string of the molecule is CCOc1ccc2c(ccn2CC2CCOCC2)c1. The van der Waals surface area contributed by atoms with Crippen LogP contribution in [0.2, 0.25) is 0 Å². The van der Waals surface area contributed by atoms with Crippen LogP contribution in [0.5, 0.6) is 5.75 Å². The first-order chi connectivity index (χ1) is 9.36. The van der Waals surface area contributed by atoms with Gasteiger partial charge >= 0.3 is 0 Å². The molecule has 1 aromatic carbocycles. The minimum atomic E-state index is 0.717. The molecular formula is C16H21NO2. The van der Waals surface area contributed by atoms with E-state index in [1.165, 1.54) is 23.7 Å². The molecule has 1 aliphatic heterocycles. The Morgan fingerprint density at radius 2 is 2.11 bits per heavy atom. The topological polar surface area (TPSA) is 23.4 Å². The van der Waals surface area contributed by atoms with Crippen LogP contribution in [0.15, 0.2) is 30.5 Å². The van der Waals surface area contributed by atoms with Gasteiger partial charge in [0.2, 0.25) is 0 Å². The zero-order valence-electron chi connectivity index (χ0n) is 11.5. The van der Waals surface area contributed by atoms with E-state index in [9.17, 15) is 0 Å². The second-order valence-corrected chi connectivity index (χ2v) is 5.18. The average molecular weight is 259 g/mol. The van der Waals surface area contributed by atoms with Crippen LogP contribution in [0.3, 0.4) is 0 Å². The Bertz CT molecular complexity index is 541.